The Kier molecular flexibility index (Phi) is 18.5. The summed E-state index contributed by atoms with van der Waals surface area (Å²) in [6.07, 6.45) is -7.33. The lowest BCUT2D eigenvalue weighted by molar-refractivity contribution is -0.221. The van der Waals surface area contributed by atoms with Gasteiger partial charge in [0.25, 0.3) is 5.91 Å². The van der Waals surface area contributed by atoms with E-state index in [4.69, 9.17) is 15.1 Å². The van der Waals surface area contributed by atoms with E-state index in [0.717, 1.165) is 84.2 Å². The molecule has 79 heavy (non-hydrogen) atoms. The molecule has 4 amide bonds. The molecule has 4 heterocycles. The van der Waals surface area contributed by atoms with Crippen LogP contribution in [0.4, 0.5) is 50.5 Å². The summed E-state index contributed by atoms with van der Waals surface area (Å²) in [5.74, 6) is -4.92. The van der Waals surface area contributed by atoms with Crippen LogP contribution in [0.5, 0.6) is 0 Å². The number of halogens is 8. The summed E-state index contributed by atoms with van der Waals surface area (Å²) < 4.78 is 134. The normalized spacial score (nSPS) is 19.7. The Morgan fingerprint density at radius 1 is 0.797 bits per heavy atom. The van der Waals surface area contributed by atoms with Crippen LogP contribution in [-0.2, 0) is 36.8 Å². The highest BCUT2D eigenvalue weighted by Crippen LogP contribution is 2.42. The lowest BCUT2D eigenvalue weighted by Crippen LogP contribution is -2.63. The van der Waals surface area contributed by atoms with Crippen LogP contribution in [0.25, 0.3) is 11.1 Å². The molecule has 7 rings (SSSR count). The smallest absolute Gasteiger partial charge is 0.407 e. The van der Waals surface area contributed by atoms with E-state index < -0.39 is 108 Å². The van der Waals surface area contributed by atoms with Gasteiger partial charge in [-0.1, -0.05) is 24.3 Å². The molecule has 3 saturated heterocycles. The maximum atomic E-state index is 16.1. The molecule has 1 aliphatic carbocycles. The van der Waals surface area contributed by atoms with Gasteiger partial charge in [0.2, 0.25) is 5.91 Å². The number of allylic oxidation sites excluding steroid dienone is 1. The minimum atomic E-state index is -5.19. The van der Waals surface area contributed by atoms with Gasteiger partial charge in [-0.25, -0.2) is 28.4 Å². The Bertz CT molecular complexity index is 2670. The summed E-state index contributed by atoms with van der Waals surface area (Å²) in [6, 6.07) is 6.72. The number of fused-ring (bicyclic) bond motifs is 2. The zero-order valence-electron chi connectivity index (χ0n) is 44.4. The van der Waals surface area contributed by atoms with Crippen molar-refractivity contribution in [1.82, 2.24) is 41.6 Å². The van der Waals surface area contributed by atoms with E-state index in [9.17, 15) is 50.6 Å². The van der Waals surface area contributed by atoms with Gasteiger partial charge in [-0.05, 0) is 107 Å². The number of hydrogen-bond donors (Lipinski definition) is 7. The van der Waals surface area contributed by atoms with E-state index in [2.05, 4.69) is 35.3 Å². The number of alkyl halides is 6. The van der Waals surface area contributed by atoms with Gasteiger partial charge in [0, 0.05) is 67.2 Å². The molecule has 1 saturated carbocycles. The van der Waals surface area contributed by atoms with Crippen molar-refractivity contribution in [2.24, 2.45) is 10.8 Å². The van der Waals surface area contributed by atoms with Gasteiger partial charge in [-0.3, -0.25) is 19.9 Å². The van der Waals surface area contributed by atoms with Crippen LogP contribution in [0, 0.1) is 27.9 Å². The number of hydrazine groups is 1. The van der Waals surface area contributed by atoms with Crippen LogP contribution in [0.15, 0.2) is 67.0 Å². The largest absolute Gasteiger partial charge is 0.453 e. The number of carbonyl (C=O) groups is 4. The highest BCUT2D eigenvalue weighted by Gasteiger charge is 2.57. The van der Waals surface area contributed by atoms with Crippen molar-refractivity contribution in [2.75, 3.05) is 52.0 Å². The van der Waals surface area contributed by atoms with Crippen molar-refractivity contribution in [3.8, 4) is 11.1 Å². The maximum absolute atomic E-state index is 16.1. The number of nitrogens with zero attached hydrogens (tertiary/aromatic N) is 4. The molecule has 0 radical (unpaired) electrons. The van der Waals surface area contributed by atoms with E-state index in [1.807, 2.05) is 22.8 Å². The molecule has 3 aromatic rings. The zero-order chi connectivity index (χ0) is 57.8. The molecule has 7 N–H and O–H groups in total. The highest BCUT2D eigenvalue weighted by molar-refractivity contribution is 6.06. The number of benzene rings is 2. The number of pyridine rings is 1. The predicted octanol–water partition coefficient (Wildman–Crippen LogP) is 6.26. The van der Waals surface area contributed by atoms with Gasteiger partial charge in [0.1, 0.15) is 29.5 Å². The van der Waals surface area contributed by atoms with Gasteiger partial charge in [0.05, 0.1) is 62.2 Å². The van der Waals surface area contributed by atoms with Crippen molar-refractivity contribution in [3.05, 3.63) is 95.3 Å². The first-order valence-electron chi connectivity index (χ1n) is 25.6. The summed E-state index contributed by atoms with van der Waals surface area (Å²) in [5, 5.41) is 30.2. The second-order valence-electron chi connectivity index (χ2n) is 21.5. The Labute approximate surface area is 451 Å². The van der Waals surface area contributed by atoms with E-state index in [1.165, 1.54) is 12.3 Å². The fourth-order valence-electron chi connectivity index (χ4n) is 9.76. The molecule has 2 aromatic carbocycles. The van der Waals surface area contributed by atoms with Crippen LogP contribution in [0.3, 0.4) is 0 Å². The topological polar surface area (TPSA) is 223 Å². The Hall–Kier alpha value is -6.64. The van der Waals surface area contributed by atoms with Crippen LogP contribution in [0.2, 0.25) is 0 Å². The Balaban J connectivity index is 1.19. The molecule has 3 aliphatic heterocycles. The number of piperazine rings is 1. The number of aromatic nitrogens is 1. The molecule has 2 unspecified atom stereocenters. The molecule has 1 aromatic heterocycles. The maximum Gasteiger partial charge on any atom is 0.407 e. The average molecular weight is 1120 g/mol. The molecule has 6 atom stereocenters. The third-order valence-corrected chi connectivity index (χ3v) is 15.1. The molecule has 26 heteroatoms. The zero-order valence-corrected chi connectivity index (χ0v) is 44.4. The molecule has 2 bridgehead atoms. The SMILES string of the molecule is COC(=O)N[C@H](C(=O)N[C@@H](Cc1ccc(-c2ccc(N3CC4CCC(C3)N4C3COC3)nc2)cc1)[C@@H](O)CN(Cc1c(F)cc(C(=N)/C=C\NC2CC2)cc1F)NC(=O)[C@@H](NC(=O)OC)C(C)(C)C(F)(F)F)C(C)(C)C(F)(F)F. The fraction of sp³-hybridized carbons (Fsp3) is 0.547. The highest BCUT2D eigenvalue weighted by atomic mass is 19.4. The minimum Gasteiger partial charge on any atom is -0.453 e. The molecule has 4 fully saturated rings. The molecular weight excluding hydrogens is 1060 g/mol. The number of alkyl carbamates (subject to hydrolysis) is 2. The Morgan fingerprint density at radius 3 is 1.82 bits per heavy atom. The van der Waals surface area contributed by atoms with Crippen molar-refractivity contribution in [3.63, 3.8) is 0 Å². The summed E-state index contributed by atoms with van der Waals surface area (Å²) in [7, 11) is 1.66. The van der Waals surface area contributed by atoms with Crippen molar-refractivity contribution in [2.45, 2.75) is 127 Å². The third-order valence-electron chi connectivity index (χ3n) is 15.1. The predicted molar refractivity (Wildman–Crippen MR) is 272 cm³/mol. The molecule has 0 spiro atoms. The van der Waals surface area contributed by atoms with Gasteiger partial charge < -0.3 is 50.9 Å². The van der Waals surface area contributed by atoms with Crippen LogP contribution >= 0.6 is 0 Å². The molecular formula is C53H66F8N10O8. The standard InChI is InChI=1S/C53H66F8N10O8/c1-50(2,52(56,57)58)44(66-48(75)77-5)46(73)65-41(19-29-7-9-30(10-8-29)31-11-16-43(64-22-31)69-23-34-14-15-35(24-69)71(34)36-27-79-28-36)42(72)26-70(68-47(74)45(67-49(76)78-6)51(3,4)53(59,60)61)25-37-38(54)20-32(21-39(37)55)40(62)17-18-63-33-12-13-33/h7-11,16-18,20-22,33-36,41-42,44-45,62-63,72H,12-15,19,23-28H2,1-6H3,(H,65,73)(H,66,75)(H,67,76)(H,68,74)/b18-17-,62-40?/t34?,35?,41-,42-,44+,45+/m0/s1. The first kappa shape index (κ1) is 60.0. The summed E-state index contributed by atoms with van der Waals surface area (Å²) in [4.78, 5) is 62.6. The number of ether oxygens (including phenoxy) is 3. The van der Waals surface area contributed by atoms with Crippen molar-refractivity contribution in [1.29, 1.82) is 5.41 Å². The summed E-state index contributed by atoms with van der Waals surface area (Å²) >= 11 is 0. The van der Waals surface area contributed by atoms with Gasteiger partial charge in [-0.2, -0.15) is 26.3 Å². The fourth-order valence-corrected chi connectivity index (χ4v) is 9.76. The minimum absolute atomic E-state index is 0.200. The quantitative estimate of drug-likeness (QED) is 0.0336. The van der Waals surface area contributed by atoms with E-state index in [-0.39, 0.29) is 17.3 Å². The molecule has 432 valence electrons. The van der Waals surface area contributed by atoms with E-state index in [0.29, 0.717) is 67.5 Å². The number of aliphatic hydroxyl groups excluding tert-OH is 1. The lowest BCUT2D eigenvalue weighted by atomic mass is 9.82. The average Bonchev–Trinajstić information content (AvgIpc) is 4.18. The number of rotatable bonds is 22. The lowest BCUT2D eigenvalue weighted by Gasteiger charge is -2.48. The number of nitrogens with one attached hydrogen (secondary N) is 6. The third kappa shape index (κ3) is 14.2. The second kappa shape index (κ2) is 24.4. The number of hydrogen-bond acceptors (Lipinski definition) is 14. The second-order valence-corrected chi connectivity index (χ2v) is 21.5. The molecule has 4 aliphatic rings. The van der Waals surface area contributed by atoms with Gasteiger partial charge >= 0.3 is 24.5 Å². The summed E-state index contributed by atoms with van der Waals surface area (Å²) in [6.45, 7) is 3.43. The van der Waals surface area contributed by atoms with Gasteiger partial charge in [-0.15, -0.1) is 0 Å². The van der Waals surface area contributed by atoms with Gasteiger partial charge in [0.15, 0.2) is 0 Å². The molecule has 18 nitrogen and oxygen atoms in total. The van der Waals surface area contributed by atoms with Crippen molar-refractivity contribution < 1.29 is 73.6 Å². The number of aliphatic hydroxyl groups is 1. The van der Waals surface area contributed by atoms with E-state index in [1.54, 1.807) is 30.5 Å². The Morgan fingerprint density at radius 2 is 1.34 bits per heavy atom. The first-order chi connectivity index (χ1) is 37.1. The van der Waals surface area contributed by atoms with Crippen LogP contribution in [0.1, 0.15) is 70.1 Å². The monoisotopic (exact) mass is 1120 g/mol. The van der Waals surface area contributed by atoms with Crippen molar-refractivity contribution >= 4 is 35.5 Å². The summed E-state index contributed by atoms with van der Waals surface area (Å²) in [5.41, 5.74) is -3.61. The number of carbonyl (C=O) groups excluding carboxylic acids is 4. The van der Waals surface area contributed by atoms with Crippen LogP contribution < -0.4 is 31.6 Å². The number of methoxy groups -OCH3 is 2. The first-order valence-corrected chi connectivity index (χ1v) is 25.6. The van der Waals surface area contributed by atoms with E-state index >= 15 is 8.78 Å². The number of anilines is 1. The number of amides is 4. The van der Waals surface area contributed by atoms with Crippen LogP contribution in [-0.4, -0.2) is 158 Å².